The van der Waals surface area contributed by atoms with Gasteiger partial charge >= 0.3 is 0 Å². The number of hydrogen-bond acceptors (Lipinski definition) is 5. The first-order chi connectivity index (χ1) is 12.5. The van der Waals surface area contributed by atoms with E-state index in [1.807, 2.05) is 25.1 Å². The molecule has 132 valence electrons. The smallest absolute Gasteiger partial charge is 0.254 e. The summed E-state index contributed by atoms with van der Waals surface area (Å²) in [6.07, 6.45) is 8.10. The number of benzene rings is 1. The van der Waals surface area contributed by atoms with Crippen LogP contribution < -0.4 is 0 Å². The number of amides is 1. The van der Waals surface area contributed by atoms with Crippen molar-refractivity contribution in [2.45, 2.75) is 13.0 Å². The average molecular weight is 571 g/mol. The number of hydrogen-bond donors (Lipinski definition) is 0. The predicted molar refractivity (Wildman–Crippen MR) is 115 cm³/mol. The van der Waals surface area contributed by atoms with Crippen LogP contribution in [0.5, 0.6) is 0 Å². The van der Waals surface area contributed by atoms with Crippen molar-refractivity contribution in [1.29, 1.82) is 0 Å². The van der Waals surface area contributed by atoms with E-state index in [0.717, 1.165) is 7.14 Å². The van der Waals surface area contributed by atoms with Crippen LogP contribution in [-0.2, 0) is 0 Å². The minimum atomic E-state index is -0.274. The molecule has 6 nitrogen and oxygen atoms in total. The van der Waals surface area contributed by atoms with Gasteiger partial charge < -0.3 is 4.90 Å². The number of nitrogens with zero attached hydrogens (tertiary/aromatic N) is 5. The van der Waals surface area contributed by atoms with Crippen molar-refractivity contribution >= 4 is 51.1 Å². The third-order valence-corrected chi connectivity index (χ3v) is 5.18. The largest absolute Gasteiger partial charge is 0.333 e. The van der Waals surface area contributed by atoms with Crippen molar-refractivity contribution in [2.24, 2.45) is 0 Å². The van der Waals surface area contributed by atoms with Gasteiger partial charge in [-0.2, -0.15) is 0 Å². The lowest BCUT2D eigenvalue weighted by Crippen LogP contribution is -2.30. The molecule has 3 aromatic rings. The molecule has 0 radical (unpaired) electrons. The van der Waals surface area contributed by atoms with Crippen molar-refractivity contribution < 1.29 is 4.79 Å². The van der Waals surface area contributed by atoms with Crippen LogP contribution in [0.4, 0.5) is 0 Å². The third kappa shape index (κ3) is 4.17. The molecule has 0 spiro atoms. The van der Waals surface area contributed by atoms with Gasteiger partial charge in [-0.15, -0.1) is 0 Å². The number of carbonyl (C=O) groups excluding carboxylic acids is 1. The van der Waals surface area contributed by atoms with Crippen molar-refractivity contribution in [3.8, 4) is 11.4 Å². The highest BCUT2D eigenvalue weighted by molar-refractivity contribution is 14.1. The molecule has 3 rings (SSSR count). The molecule has 8 heteroatoms. The van der Waals surface area contributed by atoms with Crippen LogP contribution in [0.1, 0.15) is 29.0 Å². The molecule has 2 aromatic heterocycles. The SMILES string of the molecule is C[C@@H](c1nccnc1-c1cnccn1)N(C)C(=O)c1cc(I)cc(I)c1. The molecule has 2 heterocycles. The highest BCUT2D eigenvalue weighted by atomic mass is 127. The zero-order valence-electron chi connectivity index (χ0n) is 14.1. The Balaban J connectivity index is 1.94. The van der Waals surface area contributed by atoms with Crippen LogP contribution in [0, 0.1) is 7.14 Å². The van der Waals surface area contributed by atoms with E-state index in [1.54, 1.807) is 42.9 Å². The van der Waals surface area contributed by atoms with E-state index >= 15 is 0 Å². The van der Waals surface area contributed by atoms with Gasteiger partial charge in [0.15, 0.2) is 0 Å². The van der Waals surface area contributed by atoms with E-state index in [0.29, 0.717) is 22.6 Å². The quantitative estimate of drug-likeness (QED) is 0.444. The molecule has 26 heavy (non-hydrogen) atoms. The zero-order chi connectivity index (χ0) is 18.7. The second-order valence-electron chi connectivity index (χ2n) is 5.63. The standard InChI is InChI=1S/C18H15I2N5O/c1-11(25(2)18(26)12-7-13(19)9-14(20)8-12)16-17(24-6-5-23-16)15-10-21-3-4-22-15/h3-11H,1-2H3/t11-/m0/s1. The summed E-state index contributed by atoms with van der Waals surface area (Å²) >= 11 is 4.43. The molecular formula is C18H15I2N5O. The van der Waals surface area contributed by atoms with Gasteiger partial charge in [0.1, 0.15) is 11.4 Å². The Bertz CT molecular complexity index is 916. The summed E-state index contributed by atoms with van der Waals surface area (Å²) in [6.45, 7) is 1.93. The van der Waals surface area contributed by atoms with Crippen molar-refractivity contribution in [3.63, 3.8) is 0 Å². The van der Waals surface area contributed by atoms with Gasteiger partial charge in [0.05, 0.1) is 17.9 Å². The summed E-state index contributed by atoms with van der Waals surface area (Å²) in [4.78, 5) is 31.9. The van der Waals surface area contributed by atoms with Gasteiger partial charge in [0, 0.05) is 44.5 Å². The van der Waals surface area contributed by atoms with Gasteiger partial charge in [-0.1, -0.05) is 0 Å². The van der Waals surface area contributed by atoms with E-state index in [4.69, 9.17) is 0 Å². The zero-order valence-corrected chi connectivity index (χ0v) is 18.4. The summed E-state index contributed by atoms with van der Waals surface area (Å²) in [5.74, 6) is -0.0651. The Hall–Kier alpha value is -1.69. The van der Waals surface area contributed by atoms with E-state index < -0.39 is 0 Å². The Labute approximate surface area is 178 Å². The summed E-state index contributed by atoms with van der Waals surface area (Å²) in [5, 5.41) is 0. The Kier molecular flexibility index (Phi) is 6.12. The van der Waals surface area contributed by atoms with E-state index in [-0.39, 0.29) is 11.9 Å². The van der Waals surface area contributed by atoms with Crippen LogP contribution in [-0.4, -0.2) is 37.8 Å². The molecule has 0 unspecified atom stereocenters. The molecule has 1 amide bonds. The summed E-state index contributed by atoms with van der Waals surface area (Å²) in [7, 11) is 1.77. The van der Waals surface area contributed by atoms with E-state index in [9.17, 15) is 4.79 Å². The van der Waals surface area contributed by atoms with E-state index in [2.05, 4.69) is 65.1 Å². The molecule has 0 aliphatic heterocycles. The van der Waals surface area contributed by atoms with Crippen molar-refractivity contribution in [1.82, 2.24) is 24.8 Å². The Morgan fingerprint density at radius 1 is 1.00 bits per heavy atom. The van der Waals surface area contributed by atoms with Crippen LogP contribution in [0.3, 0.4) is 0 Å². The molecule has 0 saturated heterocycles. The number of aromatic nitrogens is 4. The lowest BCUT2D eigenvalue weighted by molar-refractivity contribution is 0.0740. The maximum atomic E-state index is 13.0. The normalized spacial score (nSPS) is 11.8. The fourth-order valence-electron chi connectivity index (χ4n) is 2.51. The first kappa shape index (κ1) is 19.1. The minimum absolute atomic E-state index is 0.0651. The van der Waals surface area contributed by atoms with Crippen LogP contribution in [0.2, 0.25) is 0 Å². The third-order valence-electron chi connectivity index (χ3n) is 3.94. The highest BCUT2D eigenvalue weighted by Gasteiger charge is 2.24. The molecular weight excluding hydrogens is 556 g/mol. The Morgan fingerprint density at radius 3 is 2.31 bits per heavy atom. The average Bonchev–Trinajstić information content (AvgIpc) is 2.66. The maximum Gasteiger partial charge on any atom is 0.254 e. The first-order valence-corrected chi connectivity index (χ1v) is 9.93. The van der Waals surface area contributed by atoms with Crippen LogP contribution in [0.15, 0.2) is 49.2 Å². The fraction of sp³-hybridized carbons (Fsp3) is 0.167. The van der Waals surface area contributed by atoms with Crippen LogP contribution >= 0.6 is 45.2 Å². The lowest BCUT2D eigenvalue weighted by Gasteiger charge is -2.25. The van der Waals surface area contributed by atoms with Gasteiger partial charge in [0.2, 0.25) is 0 Å². The topological polar surface area (TPSA) is 71.9 Å². The lowest BCUT2D eigenvalue weighted by atomic mass is 10.1. The van der Waals surface area contributed by atoms with Crippen molar-refractivity contribution in [3.05, 3.63) is 67.6 Å². The summed E-state index contributed by atoms with van der Waals surface area (Å²) in [5.41, 5.74) is 2.60. The van der Waals surface area contributed by atoms with Crippen LogP contribution in [0.25, 0.3) is 11.4 Å². The fourth-order valence-corrected chi connectivity index (χ4v) is 4.45. The minimum Gasteiger partial charge on any atom is -0.333 e. The molecule has 0 saturated carbocycles. The molecule has 1 atom stereocenters. The van der Waals surface area contributed by atoms with Gasteiger partial charge in [0.25, 0.3) is 5.91 Å². The molecule has 0 bridgehead atoms. The second kappa shape index (κ2) is 8.33. The molecule has 0 N–H and O–H groups in total. The second-order valence-corrected chi connectivity index (χ2v) is 8.12. The first-order valence-electron chi connectivity index (χ1n) is 7.78. The maximum absolute atomic E-state index is 13.0. The van der Waals surface area contributed by atoms with E-state index in [1.165, 1.54) is 0 Å². The van der Waals surface area contributed by atoms with Crippen molar-refractivity contribution in [2.75, 3.05) is 7.05 Å². The predicted octanol–water partition coefficient (Wildman–Crippen LogP) is 3.98. The molecule has 1 aromatic carbocycles. The monoisotopic (exact) mass is 571 g/mol. The van der Waals surface area contributed by atoms with Gasteiger partial charge in [-0.05, 0) is 70.3 Å². The number of rotatable bonds is 4. The molecule has 0 aliphatic rings. The van der Waals surface area contributed by atoms with Gasteiger partial charge in [-0.25, -0.2) is 0 Å². The Morgan fingerprint density at radius 2 is 1.65 bits per heavy atom. The molecule has 0 fully saturated rings. The molecule has 0 aliphatic carbocycles. The number of halogens is 2. The number of carbonyl (C=O) groups is 1. The van der Waals surface area contributed by atoms with Gasteiger partial charge in [-0.3, -0.25) is 24.7 Å². The highest BCUT2D eigenvalue weighted by Crippen LogP contribution is 2.27. The summed E-state index contributed by atoms with van der Waals surface area (Å²) < 4.78 is 2.05. The summed E-state index contributed by atoms with van der Waals surface area (Å²) in [6, 6.07) is 5.52.